The van der Waals surface area contributed by atoms with E-state index in [0.29, 0.717) is 6.42 Å². The summed E-state index contributed by atoms with van der Waals surface area (Å²) >= 11 is 5.67. The molecule has 0 amide bonds. The van der Waals surface area contributed by atoms with Crippen molar-refractivity contribution in [2.75, 3.05) is 0 Å². The van der Waals surface area contributed by atoms with Crippen LogP contribution < -0.4 is 0 Å². The van der Waals surface area contributed by atoms with Crippen molar-refractivity contribution in [3.63, 3.8) is 0 Å². The summed E-state index contributed by atoms with van der Waals surface area (Å²) in [6.45, 7) is 5.62. The average molecular weight is 259 g/mol. The second-order valence-corrected chi connectivity index (χ2v) is 5.62. The first-order valence-corrected chi connectivity index (χ1v) is 5.76. The highest BCUT2D eigenvalue weighted by Gasteiger charge is 2.31. The van der Waals surface area contributed by atoms with Crippen LogP contribution in [0.3, 0.4) is 0 Å². The molecule has 0 fully saturated rings. The minimum atomic E-state index is -0.849. The lowest BCUT2D eigenvalue weighted by Crippen LogP contribution is -2.30. The molecule has 1 unspecified atom stereocenters. The van der Waals surface area contributed by atoms with Crippen molar-refractivity contribution < 1.29 is 14.3 Å². The van der Waals surface area contributed by atoms with Crippen molar-refractivity contribution in [1.29, 1.82) is 0 Å². The van der Waals surface area contributed by atoms with Gasteiger partial charge in [0.1, 0.15) is 5.82 Å². The van der Waals surface area contributed by atoms with Crippen molar-refractivity contribution >= 4 is 17.6 Å². The van der Waals surface area contributed by atoms with Gasteiger partial charge < -0.3 is 5.11 Å². The van der Waals surface area contributed by atoms with Crippen molar-refractivity contribution in [1.82, 2.24) is 0 Å². The van der Waals surface area contributed by atoms with Gasteiger partial charge in [0.05, 0.1) is 10.9 Å². The number of benzene rings is 1. The Balaban J connectivity index is 2.95. The summed E-state index contributed by atoms with van der Waals surface area (Å²) in [4.78, 5) is 11.2. The van der Waals surface area contributed by atoms with E-state index >= 15 is 0 Å². The molecule has 1 rings (SSSR count). The standard InChI is InChI=1S/C13H16ClFO2/c1-13(2,3)9(12(16)17)6-8-4-5-11(15)10(14)7-8/h4-5,7,9H,6H2,1-3H3,(H,16,17). The molecular weight excluding hydrogens is 243 g/mol. The Hall–Kier alpha value is -1.09. The SMILES string of the molecule is CC(C)(C)C(Cc1ccc(F)c(Cl)c1)C(=O)O. The van der Waals surface area contributed by atoms with Crippen LogP contribution in [0.1, 0.15) is 26.3 Å². The van der Waals surface area contributed by atoms with Gasteiger partial charge in [-0.3, -0.25) is 4.79 Å². The molecule has 0 aliphatic heterocycles. The van der Waals surface area contributed by atoms with Gasteiger partial charge in [-0.1, -0.05) is 38.4 Å². The van der Waals surface area contributed by atoms with Crippen LogP contribution in [0.15, 0.2) is 18.2 Å². The second kappa shape index (κ2) is 5.05. The van der Waals surface area contributed by atoms with E-state index in [1.807, 2.05) is 20.8 Å². The monoisotopic (exact) mass is 258 g/mol. The molecule has 4 heteroatoms. The quantitative estimate of drug-likeness (QED) is 0.896. The van der Waals surface area contributed by atoms with Crippen LogP contribution in [0.4, 0.5) is 4.39 Å². The fraction of sp³-hybridized carbons (Fsp3) is 0.462. The Morgan fingerprint density at radius 1 is 1.47 bits per heavy atom. The number of halogens is 2. The van der Waals surface area contributed by atoms with Gasteiger partial charge >= 0.3 is 5.97 Å². The zero-order valence-electron chi connectivity index (χ0n) is 10.1. The molecule has 1 aromatic rings. The molecule has 17 heavy (non-hydrogen) atoms. The summed E-state index contributed by atoms with van der Waals surface area (Å²) in [6, 6.07) is 4.32. The molecule has 0 saturated heterocycles. The summed E-state index contributed by atoms with van der Waals surface area (Å²) in [7, 11) is 0. The smallest absolute Gasteiger partial charge is 0.307 e. The third-order valence-electron chi connectivity index (χ3n) is 2.77. The first-order valence-electron chi connectivity index (χ1n) is 5.38. The lowest BCUT2D eigenvalue weighted by atomic mass is 9.77. The highest BCUT2D eigenvalue weighted by molar-refractivity contribution is 6.30. The molecule has 1 aromatic carbocycles. The number of carboxylic acid groups (broad SMARTS) is 1. The van der Waals surface area contributed by atoms with Crippen LogP contribution in [-0.4, -0.2) is 11.1 Å². The number of hydrogen-bond acceptors (Lipinski definition) is 1. The van der Waals surface area contributed by atoms with E-state index < -0.39 is 17.7 Å². The third-order valence-corrected chi connectivity index (χ3v) is 3.06. The first kappa shape index (κ1) is 14.0. The van der Waals surface area contributed by atoms with E-state index in [2.05, 4.69) is 0 Å². The second-order valence-electron chi connectivity index (χ2n) is 5.21. The number of aliphatic carboxylic acids is 1. The molecule has 1 N–H and O–H groups in total. The fourth-order valence-electron chi connectivity index (χ4n) is 1.67. The number of hydrogen-bond donors (Lipinski definition) is 1. The van der Waals surface area contributed by atoms with E-state index in [4.69, 9.17) is 11.6 Å². The Morgan fingerprint density at radius 3 is 2.47 bits per heavy atom. The van der Waals surface area contributed by atoms with E-state index in [1.165, 1.54) is 12.1 Å². The minimum Gasteiger partial charge on any atom is -0.481 e. The summed E-state index contributed by atoms with van der Waals surface area (Å²) < 4.78 is 13.0. The molecule has 0 aliphatic rings. The van der Waals surface area contributed by atoms with Crippen molar-refractivity contribution in [3.05, 3.63) is 34.6 Å². The molecular formula is C13H16ClFO2. The predicted octanol–water partition coefficient (Wildman–Crippen LogP) is 3.77. The number of rotatable bonds is 3. The van der Waals surface area contributed by atoms with E-state index in [9.17, 15) is 14.3 Å². The maximum atomic E-state index is 13.0. The number of carbonyl (C=O) groups is 1. The summed E-state index contributed by atoms with van der Waals surface area (Å²) in [5.74, 6) is -1.86. The van der Waals surface area contributed by atoms with Crippen LogP contribution >= 0.6 is 11.6 Å². The maximum absolute atomic E-state index is 13.0. The van der Waals surface area contributed by atoms with E-state index in [1.54, 1.807) is 6.07 Å². The molecule has 1 atom stereocenters. The van der Waals surface area contributed by atoms with Crippen LogP contribution in [0.25, 0.3) is 0 Å². The molecule has 94 valence electrons. The third kappa shape index (κ3) is 3.70. The maximum Gasteiger partial charge on any atom is 0.307 e. The van der Waals surface area contributed by atoms with E-state index in [-0.39, 0.29) is 10.4 Å². The zero-order valence-corrected chi connectivity index (χ0v) is 10.9. The van der Waals surface area contributed by atoms with Gasteiger partial charge in [-0.05, 0) is 29.5 Å². The highest BCUT2D eigenvalue weighted by atomic mass is 35.5. The zero-order chi connectivity index (χ0) is 13.2. The van der Waals surface area contributed by atoms with Crippen LogP contribution in [0, 0.1) is 17.2 Å². The molecule has 0 heterocycles. The fourth-order valence-corrected chi connectivity index (χ4v) is 1.87. The van der Waals surface area contributed by atoms with Gasteiger partial charge in [0.15, 0.2) is 0 Å². The first-order chi connectivity index (χ1) is 7.71. The Kier molecular flexibility index (Phi) is 4.15. The molecule has 0 aliphatic carbocycles. The lowest BCUT2D eigenvalue weighted by molar-refractivity contribution is -0.145. The van der Waals surface area contributed by atoms with Crippen LogP contribution in [-0.2, 0) is 11.2 Å². The van der Waals surface area contributed by atoms with Gasteiger partial charge in [0, 0.05) is 0 Å². The Morgan fingerprint density at radius 2 is 2.06 bits per heavy atom. The largest absolute Gasteiger partial charge is 0.481 e. The Bertz CT molecular complexity index is 424. The molecule has 0 saturated carbocycles. The van der Waals surface area contributed by atoms with E-state index in [0.717, 1.165) is 5.56 Å². The molecule has 0 spiro atoms. The van der Waals surface area contributed by atoms with Crippen molar-refractivity contribution in [2.45, 2.75) is 27.2 Å². The summed E-state index contributed by atoms with van der Waals surface area (Å²) in [6.07, 6.45) is 0.346. The molecule has 0 aromatic heterocycles. The molecule has 0 bridgehead atoms. The van der Waals surface area contributed by atoms with Crippen LogP contribution in [0.2, 0.25) is 5.02 Å². The van der Waals surface area contributed by atoms with Gasteiger partial charge in [0.2, 0.25) is 0 Å². The van der Waals surface area contributed by atoms with Gasteiger partial charge in [-0.15, -0.1) is 0 Å². The minimum absolute atomic E-state index is 0.0283. The van der Waals surface area contributed by atoms with Crippen molar-refractivity contribution in [3.8, 4) is 0 Å². The van der Waals surface area contributed by atoms with Gasteiger partial charge in [-0.2, -0.15) is 0 Å². The topological polar surface area (TPSA) is 37.3 Å². The number of carboxylic acids is 1. The van der Waals surface area contributed by atoms with Gasteiger partial charge in [-0.25, -0.2) is 4.39 Å². The molecule has 0 radical (unpaired) electrons. The normalized spacial score (nSPS) is 13.5. The molecule has 2 nitrogen and oxygen atoms in total. The Labute approximate surface area is 105 Å². The highest BCUT2D eigenvalue weighted by Crippen LogP contribution is 2.30. The van der Waals surface area contributed by atoms with Gasteiger partial charge in [0.25, 0.3) is 0 Å². The summed E-state index contributed by atoms with van der Waals surface area (Å²) in [5, 5.41) is 9.22. The predicted molar refractivity (Wildman–Crippen MR) is 65.7 cm³/mol. The average Bonchev–Trinajstić information content (AvgIpc) is 2.17. The van der Waals surface area contributed by atoms with Crippen molar-refractivity contribution in [2.24, 2.45) is 11.3 Å². The summed E-state index contributed by atoms with van der Waals surface area (Å²) in [5.41, 5.74) is 0.380. The lowest BCUT2D eigenvalue weighted by Gasteiger charge is -2.27. The van der Waals surface area contributed by atoms with Crippen LogP contribution in [0.5, 0.6) is 0 Å².